The van der Waals surface area contributed by atoms with E-state index in [1.807, 2.05) is 20.8 Å². The fourth-order valence-corrected chi connectivity index (χ4v) is 4.30. The Morgan fingerprint density at radius 2 is 1.48 bits per heavy atom. The van der Waals surface area contributed by atoms with Crippen LogP contribution in [0.3, 0.4) is 0 Å². The molecule has 0 aliphatic heterocycles. The lowest BCUT2D eigenvalue weighted by Gasteiger charge is -2.31. The van der Waals surface area contributed by atoms with E-state index in [4.69, 9.17) is 9.73 Å². The van der Waals surface area contributed by atoms with Gasteiger partial charge in [-0.3, -0.25) is 4.99 Å². The third kappa shape index (κ3) is 8.89. The molecule has 3 saturated carbocycles. The van der Waals surface area contributed by atoms with Crippen molar-refractivity contribution in [3.05, 3.63) is 0 Å². The summed E-state index contributed by atoms with van der Waals surface area (Å²) in [6.45, 7) is 9.67. The number of nitrogens with zero attached hydrogens (tertiary/aromatic N) is 1. The normalized spacial score (nSPS) is 25.2. The molecule has 1 amide bonds. The number of aliphatic imine (C=N–C) groups is 1. The van der Waals surface area contributed by atoms with Crippen LogP contribution < -0.4 is 16.0 Å². The van der Waals surface area contributed by atoms with Crippen molar-refractivity contribution in [2.75, 3.05) is 13.1 Å². The number of hydrogen-bond donors (Lipinski definition) is 3. The molecule has 6 nitrogen and oxygen atoms in total. The monoisotopic (exact) mass is 520 g/mol. The number of guanidine groups is 1. The van der Waals surface area contributed by atoms with Gasteiger partial charge in [-0.05, 0) is 96.8 Å². The van der Waals surface area contributed by atoms with Gasteiger partial charge in [0, 0.05) is 25.2 Å². The predicted molar refractivity (Wildman–Crippen MR) is 129 cm³/mol. The number of alkyl carbamates (subject to hydrolysis) is 1. The highest BCUT2D eigenvalue weighted by atomic mass is 127. The lowest BCUT2D eigenvalue weighted by molar-refractivity contribution is 0.0490. The Bertz CT molecular complexity index is 536. The predicted octanol–water partition coefficient (Wildman–Crippen LogP) is 4.43. The zero-order valence-electron chi connectivity index (χ0n) is 18.6. The van der Waals surface area contributed by atoms with Crippen molar-refractivity contribution < 1.29 is 9.53 Å². The molecule has 0 unspecified atom stereocenters. The molecule has 0 spiro atoms. The summed E-state index contributed by atoms with van der Waals surface area (Å²) in [7, 11) is 0. The van der Waals surface area contributed by atoms with E-state index in [2.05, 4.69) is 22.9 Å². The Kier molecular flexibility index (Phi) is 9.35. The van der Waals surface area contributed by atoms with Crippen molar-refractivity contribution in [1.82, 2.24) is 16.0 Å². The molecule has 0 saturated heterocycles. The molecule has 3 aliphatic rings. The van der Waals surface area contributed by atoms with Gasteiger partial charge in [-0.2, -0.15) is 0 Å². The number of rotatable bonds is 7. The van der Waals surface area contributed by atoms with E-state index in [9.17, 15) is 4.79 Å². The van der Waals surface area contributed by atoms with Crippen LogP contribution in [-0.2, 0) is 4.74 Å². The molecule has 168 valence electrons. The molecule has 3 fully saturated rings. The average Bonchev–Trinajstić information content (AvgIpc) is 3.49. The fraction of sp³-hybridized carbons (Fsp3) is 0.909. The minimum atomic E-state index is -0.446. The number of nitrogens with one attached hydrogen (secondary N) is 3. The summed E-state index contributed by atoms with van der Waals surface area (Å²) in [4.78, 5) is 16.9. The first-order chi connectivity index (χ1) is 13.3. The minimum Gasteiger partial charge on any atom is -0.444 e. The zero-order chi connectivity index (χ0) is 20.1. The van der Waals surface area contributed by atoms with Crippen molar-refractivity contribution in [2.24, 2.45) is 22.7 Å². The van der Waals surface area contributed by atoms with Gasteiger partial charge in [0.2, 0.25) is 0 Å². The van der Waals surface area contributed by atoms with Crippen LogP contribution in [0.5, 0.6) is 0 Å². The minimum absolute atomic E-state index is 0. The van der Waals surface area contributed by atoms with Gasteiger partial charge in [0.05, 0.1) is 0 Å². The Hall–Kier alpha value is -0.730. The molecule has 0 heterocycles. The van der Waals surface area contributed by atoms with Crippen LogP contribution in [0.15, 0.2) is 4.99 Å². The van der Waals surface area contributed by atoms with Crippen LogP contribution in [0.25, 0.3) is 0 Å². The van der Waals surface area contributed by atoms with Crippen LogP contribution >= 0.6 is 24.0 Å². The number of halogens is 1. The number of ether oxygens (including phenoxy) is 1. The van der Waals surface area contributed by atoms with Crippen molar-refractivity contribution in [1.29, 1.82) is 0 Å². The van der Waals surface area contributed by atoms with Gasteiger partial charge in [0.15, 0.2) is 5.96 Å². The zero-order valence-corrected chi connectivity index (χ0v) is 21.0. The summed E-state index contributed by atoms with van der Waals surface area (Å²) >= 11 is 0. The molecule has 3 N–H and O–H groups in total. The Morgan fingerprint density at radius 3 is 1.93 bits per heavy atom. The van der Waals surface area contributed by atoms with E-state index in [-0.39, 0.29) is 36.1 Å². The lowest BCUT2D eigenvalue weighted by atomic mass is 9.91. The molecule has 0 radical (unpaired) electrons. The third-order valence-corrected chi connectivity index (χ3v) is 6.05. The van der Waals surface area contributed by atoms with Crippen LogP contribution in [0.1, 0.15) is 79.1 Å². The smallest absolute Gasteiger partial charge is 0.407 e. The molecule has 0 aromatic rings. The van der Waals surface area contributed by atoms with Gasteiger partial charge in [-0.25, -0.2) is 4.79 Å². The molecule has 3 aliphatic carbocycles. The molecule has 29 heavy (non-hydrogen) atoms. The highest BCUT2D eigenvalue weighted by molar-refractivity contribution is 14.0. The highest BCUT2D eigenvalue weighted by Crippen LogP contribution is 2.49. The second-order valence-corrected chi connectivity index (χ2v) is 9.90. The van der Waals surface area contributed by atoms with Crippen LogP contribution in [0.4, 0.5) is 4.79 Å². The van der Waals surface area contributed by atoms with Crippen molar-refractivity contribution >= 4 is 36.0 Å². The van der Waals surface area contributed by atoms with Crippen LogP contribution in [0.2, 0.25) is 0 Å². The molecule has 3 rings (SSSR count). The van der Waals surface area contributed by atoms with Gasteiger partial charge in [0.1, 0.15) is 5.60 Å². The number of carbonyl (C=O) groups excluding carboxylic acids is 1. The van der Waals surface area contributed by atoms with E-state index in [0.29, 0.717) is 6.04 Å². The average molecular weight is 521 g/mol. The quantitative estimate of drug-likeness (QED) is 0.264. The van der Waals surface area contributed by atoms with E-state index < -0.39 is 5.60 Å². The lowest BCUT2D eigenvalue weighted by Crippen LogP contribution is -2.48. The van der Waals surface area contributed by atoms with Crippen molar-refractivity contribution in [3.63, 3.8) is 0 Å². The maximum absolute atomic E-state index is 12.0. The van der Waals surface area contributed by atoms with E-state index >= 15 is 0 Å². The highest BCUT2D eigenvalue weighted by Gasteiger charge is 2.41. The van der Waals surface area contributed by atoms with Crippen molar-refractivity contribution in [2.45, 2.75) is 96.7 Å². The Labute approximate surface area is 193 Å². The van der Waals surface area contributed by atoms with Gasteiger partial charge >= 0.3 is 6.09 Å². The molecule has 7 heteroatoms. The summed E-state index contributed by atoms with van der Waals surface area (Å²) in [5, 5.41) is 10.1. The molecular weight excluding hydrogens is 479 g/mol. The van der Waals surface area contributed by atoms with Gasteiger partial charge in [-0.15, -0.1) is 24.0 Å². The summed E-state index contributed by atoms with van der Waals surface area (Å²) in [6, 6.07) is 0.635. The van der Waals surface area contributed by atoms with Crippen LogP contribution in [0, 0.1) is 17.8 Å². The molecule has 0 aromatic heterocycles. The number of carbonyl (C=O) groups is 1. The van der Waals surface area contributed by atoms with E-state index in [1.165, 1.54) is 25.7 Å². The van der Waals surface area contributed by atoms with Crippen LogP contribution in [-0.4, -0.2) is 42.8 Å². The second-order valence-electron chi connectivity index (χ2n) is 9.90. The first-order valence-electron chi connectivity index (χ1n) is 11.4. The van der Waals surface area contributed by atoms with E-state index in [1.54, 1.807) is 0 Å². The number of amides is 1. The first-order valence-corrected chi connectivity index (χ1v) is 11.4. The molecule has 0 bridgehead atoms. The van der Waals surface area contributed by atoms with Gasteiger partial charge in [-0.1, -0.05) is 0 Å². The van der Waals surface area contributed by atoms with Crippen molar-refractivity contribution in [3.8, 4) is 0 Å². The SMILES string of the molecule is CCNC(=NCC(C1CC1)C1CC1)NC1CCC(NC(=O)OC(C)(C)C)CC1.I. The maximum atomic E-state index is 12.0. The first kappa shape index (κ1) is 24.5. The fourth-order valence-electron chi connectivity index (χ4n) is 4.30. The third-order valence-electron chi connectivity index (χ3n) is 6.05. The summed E-state index contributed by atoms with van der Waals surface area (Å²) < 4.78 is 5.37. The standard InChI is InChI=1S/C22H40N4O2.HI/c1-5-23-20(24-14-19(15-6-7-15)16-8-9-16)25-17-10-12-18(13-11-17)26-21(27)28-22(2,3)4;/h15-19H,5-14H2,1-4H3,(H,26,27)(H2,23,24,25);1H. The maximum Gasteiger partial charge on any atom is 0.407 e. The second kappa shape index (κ2) is 11.0. The summed E-state index contributed by atoms with van der Waals surface area (Å²) in [6.07, 6.45) is 9.38. The number of hydrogen-bond acceptors (Lipinski definition) is 3. The van der Waals surface area contributed by atoms with E-state index in [0.717, 1.165) is 62.5 Å². The summed E-state index contributed by atoms with van der Waals surface area (Å²) in [5.74, 6) is 3.66. The Balaban J connectivity index is 0.00000300. The Morgan fingerprint density at radius 1 is 0.966 bits per heavy atom. The topological polar surface area (TPSA) is 74.8 Å². The summed E-state index contributed by atoms with van der Waals surface area (Å²) in [5.41, 5.74) is -0.446. The van der Waals surface area contributed by atoms with Gasteiger partial charge in [0.25, 0.3) is 0 Å². The van der Waals surface area contributed by atoms with Gasteiger partial charge < -0.3 is 20.7 Å². The molecule has 0 atom stereocenters. The molecule has 0 aromatic carbocycles. The largest absolute Gasteiger partial charge is 0.444 e. The molecular formula is C22H41IN4O2.